The molecule has 1 aromatic carbocycles. The van der Waals surface area contributed by atoms with Crippen molar-refractivity contribution in [3.05, 3.63) is 22.2 Å². The van der Waals surface area contributed by atoms with Crippen LogP contribution in [0.2, 0.25) is 0 Å². The SMILES string of the molecule is COc1ccc(OC)c(C2CCCN2)c1Br. The van der Waals surface area contributed by atoms with Crippen molar-refractivity contribution >= 4 is 15.9 Å². The van der Waals surface area contributed by atoms with Gasteiger partial charge in [0.15, 0.2) is 0 Å². The highest BCUT2D eigenvalue weighted by atomic mass is 79.9. The van der Waals surface area contributed by atoms with Crippen molar-refractivity contribution < 1.29 is 9.47 Å². The van der Waals surface area contributed by atoms with E-state index in [-0.39, 0.29) is 0 Å². The molecular formula is C12H16BrNO2. The van der Waals surface area contributed by atoms with Crippen LogP contribution in [0, 0.1) is 0 Å². The molecule has 1 fully saturated rings. The van der Waals surface area contributed by atoms with E-state index in [0.717, 1.165) is 28.9 Å². The van der Waals surface area contributed by atoms with Crippen molar-refractivity contribution in [3.63, 3.8) is 0 Å². The number of ether oxygens (including phenoxy) is 2. The summed E-state index contributed by atoms with van der Waals surface area (Å²) in [5, 5.41) is 3.47. The van der Waals surface area contributed by atoms with Crippen LogP contribution in [0.3, 0.4) is 0 Å². The van der Waals surface area contributed by atoms with Crippen molar-refractivity contribution in [1.82, 2.24) is 5.32 Å². The fourth-order valence-corrected chi connectivity index (χ4v) is 2.91. The number of hydrogen-bond acceptors (Lipinski definition) is 3. The standard InChI is InChI=1S/C12H16BrNO2/c1-15-9-5-6-10(16-2)12(13)11(9)8-4-3-7-14-8/h5-6,8,14H,3-4,7H2,1-2H3. The molecule has 1 aromatic rings. The first kappa shape index (κ1) is 11.7. The second kappa shape index (κ2) is 5.06. The lowest BCUT2D eigenvalue weighted by molar-refractivity contribution is 0.390. The monoisotopic (exact) mass is 285 g/mol. The van der Waals surface area contributed by atoms with E-state index in [1.165, 1.54) is 12.0 Å². The van der Waals surface area contributed by atoms with E-state index in [1.54, 1.807) is 14.2 Å². The van der Waals surface area contributed by atoms with Crippen LogP contribution >= 0.6 is 15.9 Å². The molecule has 0 aliphatic carbocycles. The molecule has 1 aliphatic rings. The molecule has 4 heteroatoms. The molecule has 1 aliphatic heterocycles. The zero-order chi connectivity index (χ0) is 11.5. The normalized spacial score (nSPS) is 19.8. The Labute approximate surface area is 104 Å². The van der Waals surface area contributed by atoms with Crippen molar-refractivity contribution in [2.45, 2.75) is 18.9 Å². The summed E-state index contributed by atoms with van der Waals surface area (Å²) < 4.78 is 11.7. The van der Waals surface area contributed by atoms with Crippen LogP contribution in [0.25, 0.3) is 0 Å². The van der Waals surface area contributed by atoms with Gasteiger partial charge in [-0.15, -0.1) is 0 Å². The fraction of sp³-hybridized carbons (Fsp3) is 0.500. The lowest BCUT2D eigenvalue weighted by Gasteiger charge is -2.18. The molecule has 0 spiro atoms. The van der Waals surface area contributed by atoms with Crippen molar-refractivity contribution in [1.29, 1.82) is 0 Å². The molecular weight excluding hydrogens is 270 g/mol. The van der Waals surface area contributed by atoms with Gasteiger partial charge in [-0.2, -0.15) is 0 Å². The van der Waals surface area contributed by atoms with Crippen LogP contribution in [0.4, 0.5) is 0 Å². The van der Waals surface area contributed by atoms with E-state index in [9.17, 15) is 0 Å². The molecule has 1 unspecified atom stereocenters. The summed E-state index contributed by atoms with van der Waals surface area (Å²) in [4.78, 5) is 0. The maximum absolute atomic E-state index is 5.41. The zero-order valence-electron chi connectivity index (χ0n) is 9.55. The van der Waals surface area contributed by atoms with Gasteiger partial charge in [-0.1, -0.05) is 0 Å². The highest BCUT2D eigenvalue weighted by Crippen LogP contribution is 2.41. The van der Waals surface area contributed by atoms with E-state index in [2.05, 4.69) is 21.2 Å². The number of hydrogen-bond donors (Lipinski definition) is 1. The minimum atomic E-state index is 0.361. The van der Waals surface area contributed by atoms with Gasteiger partial charge in [-0.3, -0.25) is 0 Å². The first-order chi connectivity index (χ1) is 7.77. The molecule has 0 aromatic heterocycles. The quantitative estimate of drug-likeness (QED) is 0.926. The van der Waals surface area contributed by atoms with Gasteiger partial charge < -0.3 is 14.8 Å². The topological polar surface area (TPSA) is 30.5 Å². The van der Waals surface area contributed by atoms with E-state index in [0.29, 0.717) is 6.04 Å². The summed E-state index contributed by atoms with van der Waals surface area (Å²) in [6.07, 6.45) is 2.35. The van der Waals surface area contributed by atoms with E-state index in [4.69, 9.17) is 9.47 Å². The van der Waals surface area contributed by atoms with Gasteiger partial charge in [0.1, 0.15) is 11.5 Å². The first-order valence-corrected chi connectivity index (χ1v) is 6.21. The number of rotatable bonds is 3. The van der Waals surface area contributed by atoms with Gasteiger partial charge in [0.05, 0.1) is 18.7 Å². The third kappa shape index (κ3) is 2.04. The van der Waals surface area contributed by atoms with Gasteiger partial charge in [-0.05, 0) is 47.4 Å². The lowest BCUT2D eigenvalue weighted by Crippen LogP contribution is -2.14. The lowest BCUT2D eigenvalue weighted by atomic mass is 10.0. The van der Waals surface area contributed by atoms with Crippen molar-refractivity contribution in [2.75, 3.05) is 20.8 Å². The molecule has 1 saturated heterocycles. The van der Waals surface area contributed by atoms with Gasteiger partial charge in [-0.25, -0.2) is 0 Å². The van der Waals surface area contributed by atoms with Gasteiger partial charge >= 0.3 is 0 Å². The zero-order valence-corrected chi connectivity index (χ0v) is 11.1. The summed E-state index contributed by atoms with van der Waals surface area (Å²) in [7, 11) is 3.38. The number of benzene rings is 1. The van der Waals surface area contributed by atoms with Crippen LogP contribution in [0.1, 0.15) is 24.4 Å². The third-order valence-electron chi connectivity index (χ3n) is 2.95. The molecule has 2 rings (SSSR count). The van der Waals surface area contributed by atoms with E-state index >= 15 is 0 Å². The maximum atomic E-state index is 5.41. The summed E-state index contributed by atoms with van der Waals surface area (Å²) in [5.41, 5.74) is 1.17. The Kier molecular flexibility index (Phi) is 3.71. The summed E-state index contributed by atoms with van der Waals surface area (Å²) in [6, 6.07) is 4.24. The first-order valence-electron chi connectivity index (χ1n) is 5.41. The van der Waals surface area contributed by atoms with Gasteiger partial charge in [0.2, 0.25) is 0 Å². The number of methoxy groups -OCH3 is 2. The Morgan fingerprint density at radius 1 is 1.25 bits per heavy atom. The molecule has 0 radical (unpaired) electrons. The molecule has 1 atom stereocenters. The minimum absolute atomic E-state index is 0.361. The molecule has 3 nitrogen and oxygen atoms in total. The molecule has 1 heterocycles. The average molecular weight is 286 g/mol. The molecule has 88 valence electrons. The molecule has 0 saturated carbocycles. The largest absolute Gasteiger partial charge is 0.496 e. The molecule has 0 bridgehead atoms. The van der Waals surface area contributed by atoms with Gasteiger partial charge in [0, 0.05) is 11.6 Å². The average Bonchev–Trinajstić information content (AvgIpc) is 2.81. The predicted octanol–water partition coefficient (Wildman–Crippen LogP) is 2.89. The van der Waals surface area contributed by atoms with Crippen LogP contribution in [-0.4, -0.2) is 20.8 Å². The second-order valence-electron chi connectivity index (χ2n) is 3.85. The Balaban J connectivity index is 2.45. The van der Waals surface area contributed by atoms with E-state index in [1.807, 2.05) is 12.1 Å². The Hall–Kier alpha value is -0.740. The highest BCUT2D eigenvalue weighted by Gasteiger charge is 2.24. The fourth-order valence-electron chi connectivity index (χ4n) is 2.15. The van der Waals surface area contributed by atoms with Crippen LogP contribution < -0.4 is 14.8 Å². The number of nitrogens with one attached hydrogen (secondary N) is 1. The molecule has 0 amide bonds. The smallest absolute Gasteiger partial charge is 0.133 e. The second-order valence-corrected chi connectivity index (χ2v) is 4.64. The van der Waals surface area contributed by atoms with Crippen molar-refractivity contribution in [2.24, 2.45) is 0 Å². The summed E-state index contributed by atoms with van der Waals surface area (Å²) in [5.74, 6) is 1.76. The summed E-state index contributed by atoms with van der Waals surface area (Å²) >= 11 is 3.60. The number of halogens is 1. The van der Waals surface area contributed by atoms with Crippen LogP contribution in [-0.2, 0) is 0 Å². The Bertz CT molecular complexity index is 376. The van der Waals surface area contributed by atoms with Crippen LogP contribution in [0.15, 0.2) is 16.6 Å². The Morgan fingerprint density at radius 2 is 1.94 bits per heavy atom. The third-order valence-corrected chi connectivity index (χ3v) is 3.77. The minimum Gasteiger partial charge on any atom is -0.496 e. The van der Waals surface area contributed by atoms with E-state index < -0.39 is 0 Å². The Morgan fingerprint density at radius 3 is 2.50 bits per heavy atom. The van der Waals surface area contributed by atoms with Crippen molar-refractivity contribution in [3.8, 4) is 11.5 Å². The summed E-state index contributed by atoms with van der Waals surface area (Å²) in [6.45, 7) is 1.07. The van der Waals surface area contributed by atoms with Crippen LogP contribution in [0.5, 0.6) is 11.5 Å². The predicted molar refractivity (Wildman–Crippen MR) is 67.2 cm³/mol. The maximum Gasteiger partial charge on any atom is 0.133 e. The van der Waals surface area contributed by atoms with Gasteiger partial charge in [0.25, 0.3) is 0 Å². The highest BCUT2D eigenvalue weighted by molar-refractivity contribution is 9.10. The molecule has 16 heavy (non-hydrogen) atoms. The molecule has 1 N–H and O–H groups in total.